The molecule has 0 saturated carbocycles. The molecule has 0 spiro atoms. The number of nitrogens with zero attached hydrogens (tertiary/aromatic N) is 1. The molecule has 6 heteroatoms. The number of benzene rings is 1. The fraction of sp³-hybridized carbons (Fsp3) is 0.389. The zero-order valence-corrected chi connectivity index (χ0v) is 13.4. The minimum atomic E-state index is -0.707. The Kier molecular flexibility index (Phi) is 3.15. The van der Waals surface area contributed by atoms with Gasteiger partial charge in [0.15, 0.2) is 0 Å². The van der Waals surface area contributed by atoms with Crippen molar-refractivity contribution in [1.29, 1.82) is 0 Å². The van der Waals surface area contributed by atoms with E-state index >= 15 is 0 Å². The second kappa shape index (κ2) is 5.01. The minimum absolute atomic E-state index is 0.244. The van der Waals surface area contributed by atoms with Gasteiger partial charge in [0.05, 0.1) is 41.4 Å². The number of carbonyl (C=O) groups excluding carboxylic acids is 3. The Balaban J connectivity index is 1.63. The molecule has 2 saturated heterocycles. The second-order valence-electron chi connectivity index (χ2n) is 6.41. The fourth-order valence-corrected chi connectivity index (χ4v) is 3.87. The first kappa shape index (κ1) is 15.1. The molecule has 0 radical (unpaired) electrons. The zero-order chi connectivity index (χ0) is 17.1. The summed E-state index contributed by atoms with van der Waals surface area (Å²) in [5.41, 5.74) is 0.147. The van der Waals surface area contributed by atoms with Crippen LogP contribution in [-0.4, -0.2) is 36.1 Å². The Bertz CT molecular complexity index is 768. The van der Waals surface area contributed by atoms with Gasteiger partial charge < -0.3 is 9.47 Å². The predicted octanol–water partition coefficient (Wildman–Crippen LogP) is 1.70. The third-order valence-corrected chi connectivity index (χ3v) is 4.97. The van der Waals surface area contributed by atoms with Crippen molar-refractivity contribution in [3.63, 3.8) is 0 Å². The number of esters is 1. The first-order chi connectivity index (χ1) is 11.5. The highest BCUT2D eigenvalue weighted by Gasteiger charge is 2.65. The van der Waals surface area contributed by atoms with E-state index in [0.717, 1.165) is 0 Å². The summed E-state index contributed by atoms with van der Waals surface area (Å²) in [6.07, 6.45) is 3.40. The summed E-state index contributed by atoms with van der Waals surface area (Å²) in [7, 11) is 0. The van der Waals surface area contributed by atoms with E-state index in [-0.39, 0.29) is 17.9 Å². The van der Waals surface area contributed by atoms with Crippen LogP contribution in [0.3, 0.4) is 0 Å². The molecule has 1 aromatic carbocycles. The molecule has 0 aliphatic carbocycles. The molecule has 3 aliphatic heterocycles. The van der Waals surface area contributed by atoms with Crippen molar-refractivity contribution in [2.24, 2.45) is 11.8 Å². The third kappa shape index (κ3) is 1.89. The second-order valence-corrected chi connectivity index (χ2v) is 6.41. The largest absolute Gasteiger partial charge is 0.462 e. The molecule has 2 fully saturated rings. The smallest absolute Gasteiger partial charge is 0.338 e. The predicted molar refractivity (Wildman–Crippen MR) is 84.3 cm³/mol. The highest BCUT2D eigenvalue weighted by Crippen LogP contribution is 2.52. The number of hydrogen-bond donors (Lipinski definition) is 0. The lowest BCUT2D eigenvalue weighted by molar-refractivity contribution is -0.126. The van der Waals surface area contributed by atoms with Gasteiger partial charge in [-0.2, -0.15) is 0 Å². The Morgan fingerprint density at radius 1 is 1.25 bits per heavy atom. The number of anilines is 1. The Morgan fingerprint density at radius 3 is 2.58 bits per heavy atom. The van der Waals surface area contributed by atoms with Crippen LogP contribution in [0.2, 0.25) is 0 Å². The van der Waals surface area contributed by atoms with Crippen molar-refractivity contribution >= 4 is 23.5 Å². The lowest BCUT2D eigenvalue weighted by atomic mass is 9.78. The van der Waals surface area contributed by atoms with Gasteiger partial charge in [-0.15, -0.1) is 0 Å². The van der Waals surface area contributed by atoms with Gasteiger partial charge in [0.2, 0.25) is 11.8 Å². The van der Waals surface area contributed by atoms with E-state index in [2.05, 4.69) is 0 Å². The van der Waals surface area contributed by atoms with E-state index in [1.807, 2.05) is 19.1 Å². The molecule has 3 aliphatic rings. The molecule has 4 rings (SSSR count). The number of fused-ring (bicyclic) bond motifs is 5. The van der Waals surface area contributed by atoms with Crippen LogP contribution in [0.25, 0.3) is 0 Å². The maximum Gasteiger partial charge on any atom is 0.338 e. The van der Waals surface area contributed by atoms with Gasteiger partial charge in [-0.05, 0) is 38.1 Å². The summed E-state index contributed by atoms with van der Waals surface area (Å²) >= 11 is 0. The molecule has 0 unspecified atom stereocenters. The molecule has 0 aromatic heterocycles. The molecular weight excluding hydrogens is 310 g/mol. The standard InChI is InChI=1S/C18H17NO5/c1-3-23-17(22)10-4-6-11(7-5-10)19-15(20)13-12-8-9-18(2,24-12)14(13)16(19)21/h4-9,12-14H,3H2,1-2H3/t12-,13-,14-,18-/m1/s1. The van der Waals surface area contributed by atoms with Gasteiger partial charge >= 0.3 is 5.97 Å². The lowest BCUT2D eigenvalue weighted by Crippen LogP contribution is -2.38. The Labute approximate surface area is 139 Å². The van der Waals surface area contributed by atoms with E-state index in [9.17, 15) is 14.4 Å². The van der Waals surface area contributed by atoms with Crippen molar-refractivity contribution in [2.45, 2.75) is 25.6 Å². The van der Waals surface area contributed by atoms with Crippen LogP contribution in [-0.2, 0) is 19.1 Å². The quantitative estimate of drug-likeness (QED) is 0.480. The van der Waals surface area contributed by atoms with E-state index < -0.39 is 23.4 Å². The highest BCUT2D eigenvalue weighted by atomic mass is 16.5. The number of hydrogen-bond acceptors (Lipinski definition) is 5. The Hall–Kier alpha value is -2.47. The van der Waals surface area contributed by atoms with Gasteiger partial charge in [-0.1, -0.05) is 12.2 Å². The Morgan fingerprint density at radius 2 is 1.96 bits per heavy atom. The number of rotatable bonds is 3. The first-order valence-electron chi connectivity index (χ1n) is 7.98. The van der Waals surface area contributed by atoms with Crippen molar-refractivity contribution in [2.75, 3.05) is 11.5 Å². The molecule has 6 nitrogen and oxygen atoms in total. The van der Waals surface area contributed by atoms with Crippen LogP contribution in [0.15, 0.2) is 36.4 Å². The summed E-state index contributed by atoms with van der Waals surface area (Å²) in [5.74, 6) is -1.86. The van der Waals surface area contributed by atoms with E-state index in [4.69, 9.17) is 9.47 Å². The average Bonchev–Trinajstić information content (AvgIpc) is 3.17. The summed E-state index contributed by atoms with van der Waals surface area (Å²) in [5, 5.41) is 0. The first-order valence-corrected chi connectivity index (χ1v) is 7.98. The van der Waals surface area contributed by atoms with Gasteiger partial charge in [0.1, 0.15) is 0 Å². The molecule has 124 valence electrons. The molecule has 0 N–H and O–H groups in total. The summed E-state index contributed by atoms with van der Waals surface area (Å²) in [6, 6.07) is 6.32. The number of amides is 2. The molecule has 1 aromatic rings. The van der Waals surface area contributed by atoms with Gasteiger partial charge in [-0.3, -0.25) is 9.59 Å². The van der Waals surface area contributed by atoms with E-state index in [1.165, 1.54) is 4.90 Å². The summed E-state index contributed by atoms with van der Waals surface area (Å²) in [6.45, 7) is 3.87. The van der Waals surface area contributed by atoms with Gasteiger partial charge in [0, 0.05) is 0 Å². The lowest BCUT2D eigenvalue weighted by Gasteiger charge is -2.24. The monoisotopic (exact) mass is 327 g/mol. The van der Waals surface area contributed by atoms with E-state index in [0.29, 0.717) is 17.9 Å². The van der Waals surface area contributed by atoms with Gasteiger partial charge in [0.25, 0.3) is 0 Å². The molecule has 2 amide bonds. The number of imide groups is 1. The van der Waals surface area contributed by atoms with Crippen LogP contribution >= 0.6 is 0 Å². The van der Waals surface area contributed by atoms with Crippen LogP contribution in [0.4, 0.5) is 5.69 Å². The van der Waals surface area contributed by atoms with Crippen molar-refractivity contribution < 1.29 is 23.9 Å². The molecule has 3 heterocycles. The van der Waals surface area contributed by atoms with Crippen LogP contribution < -0.4 is 4.90 Å². The van der Waals surface area contributed by atoms with Crippen molar-refractivity contribution in [1.82, 2.24) is 0 Å². The number of carbonyl (C=O) groups is 3. The molecular formula is C18H17NO5. The minimum Gasteiger partial charge on any atom is -0.462 e. The normalized spacial score (nSPS) is 33.2. The molecule has 4 atom stereocenters. The molecule has 24 heavy (non-hydrogen) atoms. The maximum atomic E-state index is 12.8. The zero-order valence-electron chi connectivity index (χ0n) is 13.4. The van der Waals surface area contributed by atoms with Crippen molar-refractivity contribution in [3.05, 3.63) is 42.0 Å². The van der Waals surface area contributed by atoms with Crippen LogP contribution in [0.1, 0.15) is 24.2 Å². The molecule has 2 bridgehead atoms. The summed E-state index contributed by atoms with van der Waals surface area (Å²) < 4.78 is 10.7. The topological polar surface area (TPSA) is 72.9 Å². The number of ether oxygens (including phenoxy) is 2. The van der Waals surface area contributed by atoms with Crippen molar-refractivity contribution in [3.8, 4) is 0 Å². The SMILES string of the molecule is CCOC(=O)c1ccc(N2C(=O)[C@@H]3[C@H]4C=C[C@@](C)(O4)[C@H]3C2=O)cc1. The third-order valence-electron chi connectivity index (χ3n) is 4.97. The average molecular weight is 327 g/mol. The highest BCUT2D eigenvalue weighted by molar-refractivity contribution is 6.23. The summed E-state index contributed by atoms with van der Waals surface area (Å²) in [4.78, 5) is 38.5. The van der Waals surface area contributed by atoms with E-state index in [1.54, 1.807) is 31.2 Å². The van der Waals surface area contributed by atoms with Crippen LogP contribution in [0, 0.1) is 11.8 Å². The maximum absolute atomic E-state index is 12.8. The fourth-order valence-electron chi connectivity index (χ4n) is 3.87. The van der Waals surface area contributed by atoms with Gasteiger partial charge in [-0.25, -0.2) is 9.69 Å². The van der Waals surface area contributed by atoms with Crippen LogP contribution in [0.5, 0.6) is 0 Å².